The summed E-state index contributed by atoms with van der Waals surface area (Å²) in [5.74, 6) is -2.17. The van der Waals surface area contributed by atoms with Crippen molar-refractivity contribution in [1.29, 1.82) is 0 Å². The Morgan fingerprint density at radius 2 is 2.00 bits per heavy atom. The van der Waals surface area contributed by atoms with Crippen LogP contribution in [-0.2, 0) is 6.54 Å². The summed E-state index contributed by atoms with van der Waals surface area (Å²) in [6.07, 6.45) is 1.51. The molecule has 1 aromatic carbocycles. The molecule has 0 aliphatic carbocycles. The number of anilines is 2. The first-order chi connectivity index (χ1) is 8.99. The SMILES string of the molecule is CCn1cc(N)c(C(=O)Nc2cc(F)cc(F)c2)n1. The minimum Gasteiger partial charge on any atom is -0.396 e. The van der Waals surface area contributed by atoms with Crippen molar-refractivity contribution in [3.63, 3.8) is 0 Å². The Morgan fingerprint density at radius 3 is 2.53 bits per heavy atom. The first-order valence-corrected chi connectivity index (χ1v) is 5.60. The average Bonchev–Trinajstić information content (AvgIpc) is 2.69. The number of carbonyl (C=O) groups is 1. The summed E-state index contributed by atoms with van der Waals surface area (Å²) < 4.78 is 27.5. The lowest BCUT2D eigenvalue weighted by molar-refractivity contribution is 0.102. The molecule has 0 radical (unpaired) electrons. The van der Waals surface area contributed by atoms with Gasteiger partial charge in [0, 0.05) is 24.5 Å². The van der Waals surface area contributed by atoms with Gasteiger partial charge in [0.1, 0.15) is 11.6 Å². The molecule has 0 fully saturated rings. The minimum atomic E-state index is -0.776. The highest BCUT2D eigenvalue weighted by Gasteiger charge is 2.15. The van der Waals surface area contributed by atoms with Crippen LogP contribution in [0.2, 0.25) is 0 Å². The van der Waals surface area contributed by atoms with Gasteiger partial charge in [0.2, 0.25) is 0 Å². The number of halogens is 2. The molecule has 0 aliphatic heterocycles. The molecule has 1 aromatic heterocycles. The standard InChI is InChI=1S/C12H12F2N4O/c1-2-18-6-10(15)11(17-18)12(19)16-9-4-7(13)3-8(14)5-9/h3-6H,2,15H2,1H3,(H,16,19). The predicted molar refractivity (Wildman–Crippen MR) is 66.6 cm³/mol. The van der Waals surface area contributed by atoms with E-state index in [4.69, 9.17) is 5.73 Å². The van der Waals surface area contributed by atoms with Gasteiger partial charge in [-0.15, -0.1) is 0 Å². The zero-order valence-corrected chi connectivity index (χ0v) is 10.2. The number of rotatable bonds is 3. The third-order valence-electron chi connectivity index (χ3n) is 2.45. The lowest BCUT2D eigenvalue weighted by atomic mass is 10.3. The van der Waals surface area contributed by atoms with Gasteiger partial charge in [-0.2, -0.15) is 5.10 Å². The molecule has 100 valence electrons. The summed E-state index contributed by atoms with van der Waals surface area (Å²) in [6.45, 7) is 2.40. The number of nitrogens with one attached hydrogen (secondary N) is 1. The van der Waals surface area contributed by atoms with Crippen molar-refractivity contribution >= 4 is 17.3 Å². The average molecular weight is 266 g/mol. The molecule has 0 spiro atoms. The molecule has 2 aromatic rings. The van der Waals surface area contributed by atoms with Crippen LogP contribution >= 0.6 is 0 Å². The molecular formula is C12H12F2N4O. The Hall–Kier alpha value is -2.44. The van der Waals surface area contributed by atoms with E-state index < -0.39 is 17.5 Å². The van der Waals surface area contributed by atoms with E-state index in [2.05, 4.69) is 10.4 Å². The second kappa shape index (κ2) is 5.05. The van der Waals surface area contributed by atoms with Gasteiger partial charge in [0.15, 0.2) is 5.69 Å². The third kappa shape index (κ3) is 2.87. The van der Waals surface area contributed by atoms with Crippen LogP contribution in [0.1, 0.15) is 17.4 Å². The van der Waals surface area contributed by atoms with Crippen molar-refractivity contribution in [3.05, 3.63) is 41.7 Å². The molecule has 2 rings (SSSR count). The van der Waals surface area contributed by atoms with E-state index in [0.29, 0.717) is 6.54 Å². The summed E-state index contributed by atoms with van der Waals surface area (Å²) >= 11 is 0. The highest BCUT2D eigenvalue weighted by Crippen LogP contribution is 2.16. The van der Waals surface area contributed by atoms with Crippen LogP contribution in [-0.4, -0.2) is 15.7 Å². The van der Waals surface area contributed by atoms with Gasteiger partial charge in [-0.05, 0) is 19.1 Å². The molecule has 19 heavy (non-hydrogen) atoms. The van der Waals surface area contributed by atoms with Gasteiger partial charge in [-0.3, -0.25) is 9.48 Å². The quantitative estimate of drug-likeness (QED) is 0.892. The third-order valence-corrected chi connectivity index (χ3v) is 2.45. The Labute approximate surface area is 108 Å². The van der Waals surface area contributed by atoms with Crippen LogP contribution in [0, 0.1) is 11.6 Å². The molecule has 1 heterocycles. The van der Waals surface area contributed by atoms with Gasteiger partial charge in [0.25, 0.3) is 5.91 Å². The van der Waals surface area contributed by atoms with E-state index in [1.54, 1.807) is 0 Å². The Morgan fingerprint density at radius 1 is 1.37 bits per heavy atom. The van der Waals surface area contributed by atoms with E-state index in [9.17, 15) is 13.6 Å². The van der Waals surface area contributed by atoms with Gasteiger partial charge >= 0.3 is 0 Å². The smallest absolute Gasteiger partial charge is 0.278 e. The lowest BCUT2D eigenvalue weighted by Crippen LogP contribution is -2.15. The number of hydrogen-bond acceptors (Lipinski definition) is 3. The second-order valence-corrected chi connectivity index (χ2v) is 3.90. The van der Waals surface area contributed by atoms with Crippen molar-refractivity contribution in [1.82, 2.24) is 9.78 Å². The molecule has 0 saturated heterocycles. The molecular weight excluding hydrogens is 254 g/mol. The van der Waals surface area contributed by atoms with E-state index in [-0.39, 0.29) is 17.1 Å². The molecule has 3 N–H and O–H groups in total. The lowest BCUT2D eigenvalue weighted by Gasteiger charge is -2.04. The summed E-state index contributed by atoms with van der Waals surface area (Å²) in [5.41, 5.74) is 5.87. The van der Waals surface area contributed by atoms with Crippen LogP contribution in [0.25, 0.3) is 0 Å². The van der Waals surface area contributed by atoms with E-state index in [1.165, 1.54) is 10.9 Å². The molecule has 1 amide bonds. The summed E-state index contributed by atoms with van der Waals surface area (Å²) in [5, 5.41) is 6.30. The molecule has 7 heteroatoms. The predicted octanol–water partition coefficient (Wildman–Crippen LogP) is 2.02. The van der Waals surface area contributed by atoms with Crippen molar-refractivity contribution in [2.45, 2.75) is 13.5 Å². The van der Waals surface area contributed by atoms with Crippen molar-refractivity contribution in [3.8, 4) is 0 Å². The molecule has 0 saturated carbocycles. The van der Waals surface area contributed by atoms with Crippen LogP contribution in [0.15, 0.2) is 24.4 Å². The van der Waals surface area contributed by atoms with Gasteiger partial charge in [0.05, 0.1) is 5.69 Å². The van der Waals surface area contributed by atoms with E-state index in [0.717, 1.165) is 18.2 Å². The first kappa shape index (κ1) is 13.0. The maximum atomic E-state index is 13.0. The molecule has 0 bridgehead atoms. The number of nitrogens with two attached hydrogens (primary N) is 1. The zero-order chi connectivity index (χ0) is 14.0. The van der Waals surface area contributed by atoms with Crippen LogP contribution in [0.5, 0.6) is 0 Å². The van der Waals surface area contributed by atoms with Gasteiger partial charge in [-0.1, -0.05) is 0 Å². The number of benzene rings is 1. The zero-order valence-electron chi connectivity index (χ0n) is 10.2. The number of hydrogen-bond donors (Lipinski definition) is 2. The van der Waals surface area contributed by atoms with Gasteiger partial charge < -0.3 is 11.1 Å². The Balaban J connectivity index is 2.22. The monoisotopic (exact) mass is 266 g/mol. The maximum absolute atomic E-state index is 13.0. The fourth-order valence-corrected chi connectivity index (χ4v) is 1.59. The highest BCUT2D eigenvalue weighted by molar-refractivity contribution is 6.06. The number of carbonyl (C=O) groups excluding carboxylic acids is 1. The van der Waals surface area contributed by atoms with Crippen molar-refractivity contribution in [2.75, 3.05) is 11.1 Å². The number of nitrogen functional groups attached to an aromatic ring is 1. The number of aryl methyl sites for hydroxylation is 1. The fourth-order valence-electron chi connectivity index (χ4n) is 1.59. The van der Waals surface area contributed by atoms with Gasteiger partial charge in [-0.25, -0.2) is 8.78 Å². The van der Waals surface area contributed by atoms with E-state index >= 15 is 0 Å². The van der Waals surface area contributed by atoms with Crippen molar-refractivity contribution in [2.24, 2.45) is 0 Å². The van der Waals surface area contributed by atoms with Crippen LogP contribution < -0.4 is 11.1 Å². The van der Waals surface area contributed by atoms with Crippen LogP contribution in [0.3, 0.4) is 0 Å². The number of amides is 1. The van der Waals surface area contributed by atoms with E-state index in [1.807, 2.05) is 6.92 Å². The molecule has 5 nitrogen and oxygen atoms in total. The normalized spacial score (nSPS) is 10.5. The Kier molecular flexibility index (Phi) is 3.46. The maximum Gasteiger partial charge on any atom is 0.278 e. The summed E-state index contributed by atoms with van der Waals surface area (Å²) in [4.78, 5) is 11.9. The number of nitrogens with zero attached hydrogens (tertiary/aromatic N) is 2. The first-order valence-electron chi connectivity index (χ1n) is 5.60. The topological polar surface area (TPSA) is 72.9 Å². The summed E-state index contributed by atoms with van der Waals surface area (Å²) in [6, 6.07) is 2.73. The molecule has 0 atom stereocenters. The fraction of sp³-hybridized carbons (Fsp3) is 0.167. The largest absolute Gasteiger partial charge is 0.396 e. The molecule has 0 aliphatic rings. The highest BCUT2D eigenvalue weighted by atomic mass is 19.1. The van der Waals surface area contributed by atoms with Crippen LogP contribution in [0.4, 0.5) is 20.2 Å². The van der Waals surface area contributed by atoms with Crippen molar-refractivity contribution < 1.29 is 13.6 Å². The minimum absolute atomic E-state index is 0.00736. The Bertz CT molecular complexity index is 604. The summed E-state index contributed by atoms with van der Waals surface area (Å²) in [7, 11) is 0. The second-order valence-electron chi connectivity index (χ2n) is 3.90. The molecule has 0 unspecified atom stereocenters. The number of aromatic nitrogens is 2.